The summed E-state index contributed by atoms with van der Waals surface area (Å²) in [5, 5.41) is 0. The molecule has 1 aromatic rings. The van der Waals surface area contributed by atoms with Crippen molar-refractivity contribution in [2.24, 2.45) is 0 Å². The molecule has 0 fully saturated rings. The van der Waals surface area contributed by atoms with Crippen molar-refractivity contribution in [3.8, 4) is 11.8 Å². The largest absolute Gasteiger partial charge is 0.113 e. The summed E-state index contributed by atoms with van der Waals surface area (Å²) in [6, 6.07) is 7.98. The Hall–Kier alpha value is -1.19. The third-order valence-corrected chi connectivity index (χ3v) is 1.81. The van der Waals surface area contributed by atoms with Crippen molar-refractivity contribution in [1.82, 2.24) is 0 Å². The third kappa shape index (κ3) is 2.97. The van der Waals surface area contributed by atoms with Gasteiger partial charge in [0, 0.05) is 5.56 Å². The highest BCUT2D eigenvalue weighted by Crippen LogP contribution is 2.11. The predicted molar refractivity (Wildman–Crippen MR) is 58.7 cm³/mol. The van der Waals surface area contributed by atoms with Crippen LogP contribution in [0.5, 0.6) is 0 Å². The van der Waals surface area contributed by atoms with Gasteiger partial charge < -0.3 is 0 Å². The molecule has 0 unspecified atom stereocenters. The van der Waals surface area contributed by atoms with Gasteiger partial charge in [0.1, 0.15) is 0 Å². The highest BCUT2D eigenvalue weighted by atomic mass is 35.5. The van der Waals surface area contributed by atoms with Crippen LogP contribution in [0, 0.1) is 11.8 Å². The minimum Gasteiger partial charge on any atom is -0.113 e. The van der Waals surface area contributed by atoms with Crippen molar-refractivity contribution in [2.75, 3.05) is 5.88 Å². The van der Waals surface area contributed by atoms with Crippen LogP contribution in [0.4, 0.5) is 0 Å². The van der Waals surface area contributed by atoms with Crippen molar-refractivity contribution in [1.29, 1.82) is 0 Å². The van der Waals surface area contributed by atoms with Gasteiger partial charge in [0.25, 0.3) is 0 Å². The molecular weight excluding hydrogens is 180 g/mol. The zero-order valence-corrected chi connectivity index (χ0v) is 8.36. The van der Waals surface area contributed by atoms with E-state index in [1.54, 1.807) is 0 Å². The van der Waals surface area contributed by atoms with E-state index in [-0.39, 0.29) is 0 Å². The van der Waals surface area contributed by atoms with Crippen molar-refractivity contribution >= 4 is 17.2 Å². The van der Waals surface area contributed by atoms with Crippen molar-refractivity contribution in [2.45, 2.75) is 6.92 Å². The maximum atomic E-state index is 5.45. The number of alkyl halides is 1. The van der Waals surface area contributed by atoms with Gasteiger partial charge in [-0.2, -0.15) is 0 Å². The van der Waals surface area contributed by atoms with Crippen LogP contribution in [0.25, 0.3) is 5.57 Å². The Kier molecular flexibility index (Phi) is 3.61. The van der Waals surface area contributed by atoms with Crippen LogP contribution in [0.3, 0.4) is 0 Å². The van der Waals surface area contributed by atoms with E-state index in [2.05, 4.69) is 18.4 Å². The SMILES string of the molecule is C=C(C)c1ccc(C#CCCl)cc1. The highest BCUT2D eigenvalue weighted by Gasteiger charge is 1.91. The molecule has 66 valence electrons. The topological polar surface area (TPSA) is 0 Å². The fourth-order valence-electron chi connectivity index (χ4n) is 0.974. The van der Waals surface area contributed by atoms with Gasteiger partial charge in [-0.1, -0.05) is 36.1 Å². The molecule has 1 heteroatoms. The standard InChI is InChI=1S/C12H11Cl/c1-10(2)12-7-5-11(6-8-12)4-3-9-13/h5-8H,1,9H2,2H3. The van der Waals surface area contributed by atoms with Gasteiger partial charge in [0.05, 0.1) is 5.88 Å². The third-order valence-electron chi connectivity index (χ3n) is 1.68. The summed E-state index contributed by atoms with van der Waals surface area (Å²) in [5.41, 5.74) is 3.21. The Labute approximate surface area is 84.2 Å². The molecule has 0 saturated heterocycles. The fraction of sp³-hybridized carbons (Fsp3) is 0.167. The molecule has 0 radical (unpaired) electrons. The summed E-state index contributed by atoms with van der Waals surface area (Å²) < 4.78 is 0. The van der Waals surface area contributed by atoms with E-state index in [1.165, 1.54) is 0 Å². The Morgan fingerprint density at radius 2 is 2.00 bits per heavy atom. The van der Waals surface area contributed by atoms with Crippen LogP contribution in [0.1, 0.15) is 18.1 Å². The molecule has 0 aliphatic heterocycles. The molecule has 0 spiro atoms. The van der Waals surface area contributed by atoms with Gasteiger partial charge in [-0.25, -0.2) is 0 Å². The smallest absolute Gasteiger partial charge is 0.0839 e. The Bertz CT molecular complexity index is 349. The van der Waals surface area contributed by atoms with Gasteiger partial charge >= 0.3 is 0 Å². The number of benzene rings is 1. The van der Waals surface area contributed by atoms with Gasteiger partial charge in [0.2, 0.25) is 0 Å². The average molecular weight is 191 g/mol. The van der Waals surface area contributed by atoms with Crippen molar-refractivity contribution in [3.05, 3.63) is 42.0 Å². The lowest BCUT2D eigenvalue weighted by Gasteiger charge is -1.97. The molecule has 0 N–H and O–H groups in total. The summed E-state index contributed by atoms with van der Waals surface area (Å²) in [6.07, 6.45) is 0. The summed E-state index contributed by atoms with van der Waals surface area (Å²) >= 11 is 5.45. The van der Waals surface area contributed by atoms with E-state index in [0.717, 1.165) is 16.7 Å². The van der Waals surface area contributed by atoms with Gasteiger partial charge in [-0.3, -0.25) is 0 Å². The monoisotopic (exact) mass is 190 g/mol. The lowest BCUT2D eigenvalue weighted by atomic mass is 10.1. The summed E-state index contributed by atoms with van der Waals surface area (Å²) in [7, 11) is 0. The lowest BCUT2D eigenvalue weighted by Crippen LogP contribution is -1.79. The molecule has 0 bridgehead atoms. The second-order valence-electron chi connectivity index (χ2n) is 2.79. The van der Waals surface area contributed by atoms with E-state index in [0.29, 0.717) is 5.88 Å². The highest BCUT2D eigenvalue weighted by molar-refractivity contribution is 6.19. The molecule has 0 aliphatic rings. The summed E-state index contributed by atoms with van der Waals surface area (Å²) in [6.45, 7) is 5.85. The van der Waals surface area contributed by atoms with Crippen molar-refractivity contribution in [3.63, 3.8) is 0 Å². The quantitative estimate of drug-likeness (QED) is 0.471. The zero-order chi connectivity index (χ0) is 9.68. The van der Waals surface area contributed by atoms with Crippen LogP contribution in [0.2, 0.25) is 0 Å². The minimum absolute atomic E-state index is 0.377. The lowest BCUT2D eigenvalue weighted by molar-refractivity contribution is 1.55. The maximum absolute atomic E-state index is 5.45. The normalized spacial score (nSPS) is 8.77. The van der Waals surface area contributed by atoms with Crippen LogP contribution >= 0.6 is 11.6 Å². The Morgan fingerprint density at radius 1 is 1.38 bits per heavy atom. The van der Waals surface area contributed by atoms with Crippen LogP contribution in [-0.4, -0.2) is 5.88 Å². The van der Waals surface area contributed by atoms with Gasteiger partial charge in [0.15, 0.2) is 0 Å². The van der Waals surface area contributed by atoms with E-state index in [9.17, 15) is 0 Å². The number of rotatable bonds is 1. The first kappa shape index (κ1) is 9.89. The molecule has 0 aromatic heterocycles. The average Bonchev–Trinajstić information content (AvgIpc) is 2.15. The molecule has 1 aromatic carbocycles. The molecule has 0 amide bonds. The molecule has 0 nitrogen and oxygen atoms in total. The van der Waals surface area contributed by atoms with Crippen LogP contribution < -0.4 is 0 Å². The van der Waals surface area contributed by atoms with Crippen LogP contribution in [-0.2, 0) is 0 Å². The number of allylic oxidation sites excluding steroid dienone is 1. The predicted octanol–water partition coefficient (Wildman–Crippen LogP) is 3.31. The van der Waals surface area contributed by atoms with Gasteiger partial charge in [-0.15, -0.1) is 11.6 Å². The molecule has 1 rings (SSSR count). The molecule has 0 aliphatic carbocycles. The van der Waals surface area contributed by atoms with Crippen molar-refractivity contribution < 1.29 is 0 Å². The first-order valence-corrected chi connectivity index (χ1v) is 4.58. The molecule has 0 heterocycles. The molecule has 13 heavy (non-hydrogen) atoms. The first-order chi connectivity index (χ1) is 6.24. The second-order valence-corrected chi connectivity index (χ2v) is 3.06. The van der Waals surface area contributed by atoms with E-state index >= 15 is 0 Å². The minimum atomic E-state index is 0.377. The summed E-state index contributed by atoms with van der Waals surface area (Å²) in [4.78, 5) is 0. The molecule has 0 saturated carbocycles. The van der Waals surface area contributed by atoms with E-state index < -0.39 is 0 Å². The summed E-state index contributed by atoms with van der Waals surface area (Å²) in [5.74, 6) is 6.13. The van der Waals surface area contributed by atoms with Crippen LogP contribution in [0.15, 0.2) is 30.8 Å². The number of halogens is 1. The second kappa shape index (κ2) is 4.74. The van der Waals surface area contributed by atoms with E-state index in [1.807, 2.05) is 31.2 Å². The number of hydrogen-bond acceptors (Lipinski definition) is 0. The number of hydrogen-bond donors (Lipinski definition) is 0. The fourth-order valence-corrected chi connectivity index (χ4v) is 1.04. The zero-order valence-electron chi connectivity index (χ0n) is 7.60. The Morgan fingerprint density at radius 3 is 2.46 bits per heavy atom. The van der Waals surface area contributed by atoms with Gasteiger partial charge in [-0.05, 0) is 24.6 Å². The molecular formula is C12H11Cl. The first-order valence-electron chi connectivity index (χ1n) is 4.05. The maximum Gasteiger partial charge on any atom is 0.0839 e. The van der Waals surface area contributed by atoms with E-state index in [4.69, 9.17) is 11.6 Å². The Balaban J connectivity index is 2.87. The molecule has 0 atom stereocenters.